The van der Waals surface area contributed by atoms with Crippen LogP contribution in [0.2, 0.25) is 5.02 Å². The highest BCUT2D eigenvalue weighted by atomic mass is 35.5. The van der Waals surface area contributed by atoms with Crippen LogP contribution in [-0.4, -0.2) is 24.6 Å². The minimum Gasteiger partial charge on any atom is -0.449 e. The summed E-state index contributed by atoms with van der Waals surface area (Å²) in [5, 5.41) is 3.93. The van der Waals surface area contributed by atoms with Crippen molar-refractivity contribution < 1.29 is 23.5 Å². The zero-order valence-electron chi connectivity index (χ0n) is 15.5. The fourth-order valence-corrected chi connectivity index (χ4v) is 2.88. The molecular formula is C21H20ClNO5. The van der Waals surface area contributed by atoms with Crippen molar-refractivity contribution in [2.75, 3.05) is 11.9 Å². The van der Waals surface area contributed by atoms with Crippen molar-refractivity contribution in [2.45, 2.75) is 26.6 Å². The summed E-state index contributed by atoms with van der Waals surface area (Å²) in [6, 6.07) is 14.0. The quantitative estimate of drug-likeness (QED) is 0.575. The molecule has 7 heteroatoms. The van der Waals surface area contributed by atoms with E-state index in [1.807, 2.05) is 25.1 Å². The van der Waals surface area contributed by atoms with Crippen LogP contribution in [0.4, 0.5) is 5.69 Å². The second kappa shape index (κ2) is 8.91. The zero-order chi connectivity index (χ0) is 20.1. The third-order valence-electron chi connectivity index (χ3n) is 4.08. The number of ether oxygens (including phenoxy) is 2. The number of rotatable bonds is 7. The number of carbonyl (C=O) groups excluding carboxylic acids is 2. The Labute approximate surface area is 167 Å². The molecule has 1 aromatic heterocycles. The Morgan fingerprint density at radius 1 is 1.18 bits per heavy atom. The number of hydrogen-bond acceptors (Lipinski definition) is 5. The van der Waals surface area contributed by atoms with Crippen molar-refractivity contribution in [3.63, 3.8) is 0 Å². The van der Waals surface area contributed by atoms with Gasteiger partial charge >= 0.3 is 5.97 Å². The van der Waals surface area contributed by atoms with Gasteiger partial charge in [-0.05, 0) is 38.1 Å². The highest BCUT2D eigenvalue weighted by molar-refractivity contribution is 6.30. The van der Waals surface area contributed by atoms with Crippen LogP contribution in [0.5, 0.6) is 0 Å². The first-order valence-corrected chi connectivity index (χ1v) is 9.23. The number of halogens is 1. The summed E-state index contributed by atoms with van der Waals surface area (Å²) in [7, 11) is 0. The topological polar surface area (TPSA) is 77.8 Å². The van der Waals surface area contributed by atoms with Gasteiger partial charge in [-0.3, -0.25) is 4.79 Å². The molecule has 0 spiro atoms. The van der Waals surface area contributed by atoms with Crippen LogP contribution in [0.15, 0.2) is 52.9 Å². The van der Waals surface area contributed by atoms with Crippen molar-refractivity contribution in [3.8, 4) is 0 Å². The second-order valence-corrected chi connectivity index (χ2v) is 6.53. The lowest BCUT2D eigenvalue weighted by atomic mass is 10.1. The first kappa shape index (κ1) is 19.9. The van der Waals surface area contributed by atoms with E-state index in [0.717, 1.165) is 5.39 Å². The lowest BCUT2D eigenvalue weighted by Crippen LogP contribution is -2.30. The van der Waals surface area contributed by atoms with Gasteiger partial charge < -0.3 is 19.2 Å². The number of furan rings is 1. The molecule has 0 bridgehead atoms. The lowest BCUT2D eigenvalue weighted by Gasteiger charge is -2.13. The van der Waals surface area contributed by atoms with E-state index in [-0.39, 0.29) is 12.4 Å². The molecule has 0 unspecified atom stereocenters. The van der Waals surface area contributed by atoms with Gasteiger partial charge in [-0.2, -0.15) is 0 Å². The summed E-state index contributed by atoms with van der Waals surface area (Å²) >= 11 is 5.91. The molecule has 0 saturated heterocycles. The number of esters is 1. The Hall–Kier alpha value is -2.83. The van der Waals surface area contributed by atoms with E-state index < -0.39 is 18.0 Å². The molecule has 3 rings (SSSR count). The summed E-state index contributed by atoms with van der Waals surface area (Å²) in [6.07, 6.45) is -1.03. The van der Waals surface area contributed by atoms with Gasteiger partial charge in [0, 0.05) is 28.3 Å². The Balaban J connectivity index is 1.75. The number of amides is 1. The SMILES string of the molecule is CCOCc1c(C(=O)O[C@@H](C)C(=O)Nc2cccc(Cl)c2)oc2ccccc12. The van der Waals surface area contributed by atoms with Crippen LogP contribution >= 0.6 is 11.6 Å². The number of benzene rings is 2. The van der Waals surface area contributed by atoms with Gasteiger partial charge in [-0.15, -0.1) is 0 Å². The molecule has 1 amide bonds. The molecule has 3 aromatic rings. The van der Waals surface area contributed by atoms with Crippen LogP contribution in [0.1, 0.15) is 30.0 Å². The Kier molecular flexibility index (Phi) is 6.34. The zero-order valence-corrected chi connectivity index (χ0v) is 16.3. The fraction of sp³-hybridized carbons (Fsp3) is 0.238. The standard InChI is InChI=1S/C21H20ClNO5/c1-3-26-12-17-16-9-4-5-10-18(16)28-19(17)21(25)27-13(2)20(24)23-15-8-6-7-14(22)11-15/h4-11,13H,3,12H2,1-2H3,(H,23,24)/t13-/m0/s1. The van der Waals surface area contributed by atoms with Crippen molar-refractivity contribution in [3.05, 3.63) is 64.9 Å². The smallest absolute Gasteiger partial charge is 0.375 e. The van der Waals surface area contributed by atoms with E-state index in [9.17, 15) is 9.59 Å². The molecule has 28 heavy (non-hydrogen) atoms. The number of carbonyl (C=O) groups is 2. The van der Waals surface area contributed by atoms with Crippen LogP contribution in [0.25, 0.3) is 11.0 Å². The molecule has 0 saturated carbocycles. The van der Waals surface area contributed by atoms with E-state index in [2.05, 4.69) is 5.32 Å². The first-order valence-electron chi connectivity index (χ1n) is 8.85. The average Bonchev–Trinajstić information content (AvgIpc) is 3.05. The van der Waals surface area contributed by atoms with Crippen LogP contribution in [0, 0.1) is 0 Å². The van der Waals surface area contributed by atoms with E-state index in [1.54, 1.807) is 30.3 Å². The van der Waals surface area contributed by atoms with Gasteiger partial charge in [-0.1, -0.05) is 35.9 Å². The van der Waals surface area contributed by atoms with Gasteiger partial charge in [0.1, 0.15) is 5.58 Å². The molecule has 146 valence electrons. The summed E-state index contributed by atoms with van der Waals surface area (Å²) < 4.78 is 16.4. The second-order valence-electron chi connectivity index (χ2n) is 6.09. The van der Waals surface area contributed by atoms with Gasteiger partial charge in [0.25, 0.3) is 5.91 Å². The highest BCUT2D eigenvalue weighted by Gasteiger charge is 2.26. The van der Waals surface area contributed by atoms with E-state index >= 15 is 0 Å². The molecule has 1 N–H and O–H groups in total. The van der Waals surface area contributed by atoms with Crippen molar-refractivity contribution in [1.82, 2.24) is 0 Å². The van der Waals surface area contributed by atoms with Gasteiger partial charge in [-0.25, -0.2) is 4.79 Å². The minimum atomic E-state index is -1.03. The van der Waals surface area contributed by atoms with Crippen LogP contribution in [-0.2, 0) is 20.9 Å². The van der Waals surface area contributed by atoms with Crippen LogP contribution in [0.3, 0.4) is 0 Å². The molecule has 1 heterocycles. The number of anilines is 1. The molecule has 2 aromatic carbocycles. The predicted molar refractivity (Wildman–Crippen MR) is 107 cm³/mol. The number of para-hydroxylation sites is 1. The highest BCUT2D eigenvalue weighted by Crippen LogP contribution is 2.27. The Morgan fingerprint density at radius 3 is 2.71 bits per heavy atom. The fourth-order valence-electron chi connectivity index (χ4n) is 2.69. The molecule has 6 nitrogen and oxygen atoms in total. The Morgan fingerprint density at radius 2 is 1.96 bits per heavy atom. The third-order valence-corrected chi connectivity index (χ3v) is 4.31. The average molecular weight is 402 g/mol. The maximum absolute atomic E-state index is 12.6. The molecule has 0 aliphatic carbocycles. The molecule has 0 fully saturated rings. The molecule has 0 aliphatic rings. The predicted octanol–water partition coefficient (Wildman–Crippen LogP) is 4.81. The maximum Gasteiger partial charge on any atom is 0.375 e. The summed E-state index contributed by atoms with van der Waals surface area (Å²) in [5.74, 6) is -1.16. The molecule has 0 aliphatic heterocycles. The molecule has 1 atom stereocenters. The van der Waals surface area contributed by atoms with Crippen LogP contribution < -0.4 is 5.32 Å². The van der Waals surface area contributed by atoms with Crippen molar-refractivity contribution >= 4 is 40.1 Å². The molecular weight excluding hydrogens is 382 g/mol. The third kappa shape index (κ3) is 4.52. The van der Waals surface area contributed by atoms with Crippen molar-refractivity contribution in [1.29, 1.82) is 0 Å². The maximum atomic E-state index is 12.6. The number of nitrogens with one attached hydrogen (secondary N) is 1. The normalized spacial score (nSPS) is 12.0. The van der Waals surface area contributed by atoms with Gasteiger partial charge in [0.05, 0.1) is 6.61 Å². The van der Waals surface area contributed by atoms with Crippen molar-refractivity contribution in [2.24, 2.45) is 0 Å². The summed E-state index contributed by atoms with van der Waals surface area (Å²) in [5.41, 5.74) is 1.67. The minimum absolute atomic E-state index is 0.0389. The molecule has 0 radical (unpaired) electrons. The van der Waals surface area contributed by atoms with E-state index in [0.29, 0.717) is 28.5 Å². The van der Waals surface area contributed by atoms with E-state index in [4.69, 9.17) is 25.5 Å². The largest absolute Gasteiger partial charge is 0.449 e. The number of hydrogen-bond donors (Lipinski definition) is 1. The number of fused-ring (bicyclic) bond motifs is 1. The Bertz CT molecular complexity index is 997. The van der Waals surface area contributed by atoms with E-state index in [1.165, 1.54) is 6.92 Å². The van der Waals surface area contributed by atoms with Gasteiger partial charge in [0.15, 0.2) is 6.10 Å². The monoisotopic (exact) mass is 401 g/mol. The lowest BCUT2D eigenvalue weighted by molar-refractivity contribution is -0.123. The summed E-state index contributed by atoms with van der Waals surface area (Å²) in [4.78, 5) is 25.0. The first-order chi connectivity index (χ1) is 13.5. The summed E-state index contributed by atoms with van der Waals surface area (Å²) in [6.45, 7) is 4.05. The van der Waals surface area contributed by atoms with Gasteiger partial charge in [0.2, 0.25) is 5.76 Å².